The molecule has 5 rings (SSSR count). The number of hydrogen-bond donors (Lipinski definition) is 2. The zero-order chi connectivity index (χ0) is 22.1. The molecule has 0 radical (unpaired) electrons. The van der Waals surface area contributed by atoms with Gasteiger partial charge in [-0.3, -0.25) is 0 Å². The molecular formula is C23H17FN6OS. The summed E-state index contributed by atoms with van der Waals surface area (Å²) < 4.78 is 15.4. The first kappa shape index (κ1) is 19.8. The maximum atomic E-state index is 13.7. The van der Waals surface area contributed by atoms with E-state index in [-0.39, 0.29) is 5.82 Å². The van der Waals surface area contributed by atoms with Crippen molar-refractivity contribution >= 4 is 34.4 Å². The number of nitrogens with zero attached hydrogens (tertiary/aromatic N) is 4. The Morgan fingerprint density at radius 2 is 1.81 bits per heavy atom. The first-order valence-electron chi connectivity index (χ1n) is 9.78. The Bertz CT molecular complexity index is 1430. The average molecular weight is 444 g/mol. The number of benzene rings is 2. The Kier molecular flexibility index (Phi) is 5.08. The van der Waals surface area contributed by atoms with Gasteiger partial charge in [-0.05, 0) is 60.3 Å². The molecule has 3 heterocycles. The fourth-order valence-corrected chi connectivity index (χ4v) is 3.92. The van der Waals surface area contributed by atoms with Gasteiger partial charge in [-0.2, -0.15) is 9.61 Å². The van der Waals surface area contributed by atoms with E-state index >= 15 is 0 Å². The summed E-state index contributed by atoms with van der Waals surface area (Å²) in [5.74, 6) is 0.304. The van der Waals surface area contributed by atoms with Crippen LogP contribution in [0.5, 0.6) is 0 Å². The van der Waals surface area contributed by atoms with E-state index in [9.17, 15) is 9.18 Å². The van der Waals surface area contributed by atoms with Crippen molar-refractivity contribution < 1.29 is 9.18 Å². The Labute approximate surface area is 186 Å². The number of carbonyl (C=O) groups is 1. The highest BCUT2D eigenvalue weighted by molar-refractivity contribution is 7.13. The Morgan fingerprint density at radius 1 is 0.969 bits per heavy atom. The van der Waals surface area contributed by atoms with Crippen molar-refractivity contribution in [2.45, 2.75) is 6.92 Å². The van der Waals surface area contributed by atoms with Gasteiger partial charge >= 0.3 is 6.03 Å². The van der Waals surface area contributed by atoms with Crippen LogP contribution in [0.15, 0.2) is 72.1 Å². The van der Waals surface area contributed by atoms with Crippen molar-refractivity contribution in [3.05, 3.63) is 83.5 Å². The largest absolute Gasteiger partial charge is 0.323 e. The number of anilines is 2. The molecule has 5 aromatic rings. The molecule has 9 heteroatoms. The zero-order valence-electron chi connectivity index (χ0n) is 16.9. The van der Waals surface area contributed by atoms with Crippen LogP contribution in [0.3, 0.4) is 0 Å². The van der Waals surface area contributed by atoms with Crippen molar-refractivity contribution in [3.63, 3.8) is 0 Å². The molecule has 32 heavy (non-hydrogen) atoms. The molecule has 7 nitrogen and oxygen atoms in total. The van der Waals surface area contributed by atoms with Crippen LogP contribution in [-0.2, 0) is 0 Å². The molecule has 0 fully saturated rings. The minimum absolute atomic E-state index is 0.373. The van der Waals surface area contributed by atoms with Gasteiger partial charge in [0.1, 0.15) is 5.82 Å². The van der Waals surface area contributed by atoms with E-state index in [4.69, 9.17) is 5.10 Å². The number of fused-ring (bicyclic) bond motifs is 1. The number of amides is 2. The second-order valence-electron chi connectivity index (χ2n) is 7.11. The normalized spacial score (nSPS) is 10.9. The summed E-state index contributed by atoms with van der Waals surface area (Å²) in [6, 6.07) is 19.0. The maximum absolute atomic E-state index is 13.7. The molecule has 3 aromatic heterocycles. The van der Waals surface area contributed by atoms with Crippen LogP contribution in [0.1, 0.15) is 5.56 Å². The first-order valence-corrected chi connectivity index (χ1v) is 10.7. The summed E-state index contributed by atoms with van der Waals surface area (Å²) >= 11 is 1.57. The van der Waals surface area contributed by atoms with Crippen LogP contribution in [0.25, 0.3) is 27.6 Å². The predicted molar refractivity (Wildman–Crippen MR) is 123 cm³/mol. The summed E-state index contributed by atoms with van der Waals surface area (Å²) in [7, 11) is 0. The molecule has 0 aliphatic heterocycles. The third-order valence-electron chi connectivity index (χ3n) is 4.85. The van der Waals surface area contributed by atoms with Crippen molar-refractivity contribution in [3.8, 4) is 22.0 Å². The number of nitrogens with one attached hydrogen (secondary N) is 2. The van der Waals surface area contributed by atoms with Crippen molar-refractivity contribution in [1.82, 2.24) is 19.8 Å². The van der Waals surface area contributed by atoms with Gasteiger partial charge in [0.25, 0.3) is 0 Å². The molecule has 0 saturated heterocycles. The van der Waals surface area contributed by atoms with Gasteiger partial charge < -0.3 is 10.6 Å². The fourth-order valence-electron chi connectivity index (χ4n) is 3.22. The Morgan fingerprint density at radius 3 is 2.59 bits per heavy atom. The second kappa shape index (κ2) is 8.20. The molecule has 0 aliphatic carbocycles. The van der Waals surface area contributed by atoms with Gasteiger partial charge in [0.05, 0.1) is 10.6 Å². The van der Waals surface area contributed by atoms with E-state index in [1.54, 1.807) is 41.0 Å². The molecule has 0 bridgehead atoms. The topological polar surface area (TPSA) is 84.2 Å². The van der Waals surface area contributed by atoms with Gasteiger partial charge in [-0.1, -0.05) is 24.3 Å². The van der Waals surface area contributed by atoms with Crippen molar-refractivity contribution in [2.75, 3.05) is 10.6 Å². The Balaban J connectivity index is 1.39. The van der Waals surface area contributed by atoms with Gasteiger partial charge in [0.15, 0.2) is 11.5 Å². The number of hydrogen-bond acceptors (Lipinski definition) is 5. The lowest BCUT2D eigenvalue weighted by Crippen LogP contribution is -2.19. The lowest BCUT2D eigenvalue weighted by atomic mass is 10.1. The highest BCUT2D eigenvalue weighted by Crippen LogP contribution is 2.25. The van der Waals surface area contributed by atoms with E-state index < -0.39 is 6.03 Å². The summed E-state index contributed by atoms with van der Waals surface area (Å²) in [5, 5.41) is 20.5. The number of urea groups is 1. The number of thiophene rings is 1. The quantitative estimate of drug-likeness (QED) is 0.377. The highest BCUT2D eigenvalue weighted by Gasteiger charge is 2.12. The molecule has 0 atom stereocenters. The average Bonchev–Trinajstić information content (AvgIpc) is 3.45. The SMILES string of the molecule is Cc1ccc(NC(=O)Nc2cccc(-c3ccc4nnc(-c5cccs5)n4n3)c2)cc1F. The second-order valence-corrected chi connectivity index (χ2v) is 8.06. The van der Waals surface area contributed by atoms with Crippen LogP contribution in [0, 0.1) is 12.7 Å². The molecule has 0 saturated carbocycles. The van der Waals surface area contributed by atoms with Gasteiger partial charge in [0.2, 0.25) is 0 Å². The van der Waals surface area contributed by atoms with E-state index in [0.717, 1.165) is 10.4 Å². The number of aromatic nitrogens is 4. The fraction of sp³-hybridized carbons (Fsp3) is 0.0435. The standard InChI is InChI=1S/C23H17FN6OS/c1-14-7-8-17(13-18(14)24)26-23(31)25-16-5-2-4-15(12-16)19-9-10-21-27-28-22(30(21)29-19)20-6-3-11-32-20/h2-13H,1H3,(H2,25,26,31). The molecular weight excluding hydrogens is 427 g/mol. The predicted octanol–water partition coefficient (Wildman–Crippen LogP) is 5.61. The van der Waals surface area contributed by atoms with Gasteiger partial charge in [0, 0.05) is 16.9 Å². The number of aryl methyl sites for hydroxylation is 1. The summed E-state index contributed by atoms with van der Waals surface area (Å²) in [5.41, 5.74) is 3.65. The third kappa shape index (κ3) is 3.93. The minimum Gasteiger partial charge on any atom is -0.308 e. The lowest BCUT2D eigenvalue weighted by molar-refractivity contribution is 0.262. The van der Waals surface area contributed by atoms with Crippen molar-refractivity contribution in [1.29, 1.82) is 0 Å². The van der Waals surface area contributed by atoms with Crippen LogP contribution >= 0.6 is 11.3 Å². The van der Waals surface area contributed by atoms with Gasteiger partial charge in [-0.25, -0.2) is 9.18 Å². The maximum Gasteiger partial charge on any atom is 0.323 e. The highest BCUT2D eigenvalue weighted by atomic mass is 32.1. The third-order valence-corrected chi connectivity index (χ3v) is 5.72. The minimum atomic E-state index is -0.465. The van der Waals surface area contributed by atoms with Crippen molar-refractivity contribution in [2.24, 2.45) is 0 Å². The lowest BCUT2D eigenvalue weighted by Gasteiger charge is -2.10. The smallest absolute Gasteiger partial charge is 0.308 e. The van der Waals surface area contributed by atoms with Crippen LogP contribution < -0.4 is 10.6 Å². The van der Waals surface area contributed by atoms with Crippen LogP contribution in [0.2, 0.25) is 0 Å². The first-order chi connectivity index (χ1) is 15.6. The van der Waals surface area contributed by atoms with E-state index in [1.165, 1.54) is 6.07 Å². The molecule has 0 aliphatic rings. The zero-order valence-corrected chi connectivity index (χ0v) is 17.7. The molecule has 2 amide bonds. The number of carbonyl (C=O) groups excluding carboxylic acids is 1. The van der Waals surface area contributed by atoms with E-state index in [1.807, 2.05) is 47.8 Å². The molecule has 2 aromatic carbocycles. The van der Waals surface area contributed by atoms with Crippen LogP contribution in [0.4, 0.5) is 20.6 Å². The summed E-state index contributed by atoms with van der Waals surface area (Å²) in [6.07, 6.45) is 0. The molecule has 0 spiro atoms. The summed E-state index contributed by atoms with van der Waals surface area (Å²) in [4.78, 5) is 13.3. The Hall–Kier alpha value is -4.11. The summed E-state index contributed by atoms with van der Waals surface area (Å²) in [6.45, 7) is 1.67. The molecule has 158 valence electrons. The number of halogens is 1. The van der Waals surface area contributed by atoms with E-state index in [0.29, 0.717) is 34.1 Å². The number of rotatable bonds is 4. The van der Waals surface area contributed by atoms with Gasteiger partial charge in [-0.15, -0.1) is 21.5 Å². The van der Waals surface area contributed by atoms with E-state index in [2.05, 4.69) is 20.8 Å². The molecule has 0 unspecified atom stereocenters. The van der Waals surface area contributed by atoms with Crippen LogP contribution in [-0.4, -0.2) is 25.8 Å². The monoisotopic (exact) mass is 444 g/mol. The molecule has 2 N–H and O–H groups in total.